The van der Waals surface area contributed by atoms with E-state index in [1.165, 1.54) is 0 Å². The molecule has 0 aromatic heterocycles. The number of rotatable bonds is 20. The Balaban J connectivity index is 0. The molecule has 0 aromatic rings. The van der Waals surface area contributed by atoms with Gasteiger partial charge in [0.05, 0.1) is 19.8 Å². The minimum absolute atomic E-state index is 0.207. The lowest BCUT2D eigenvalue weighted by Crippen LogP contribution is -2.47. The molecular weight excluding hydrogens is 462 g/mol. The van der Waals surface area contributed by atoms with E-state index in [-0.39, 0.29) is 12.5 Å². The van der Waals surface area contributed by atoms with Gasteiger partial charge in [0.1, 0.15) is 24.9 Å². The van der Waals surface area contributed by atoms with Crippen LogP contribution in [0.5, 0.6) is 0 Å². The van der Waals surface area contributed by atoms with E-state index in [2.05, 4.69) is 16.0 Å². The van der Waals surface area contributed by atoms with Gasteiger partial charge in [-0.2, -0.15) is 0 Å². The molecule has 0 bridgehead atoms. The molecule has 3 N–H and O–H groups in total. The fourth-order valence-electron chi connectivity index (χ4n) is 2.45. The Morgan fingerprint density at radius 2 is 1.31 bits per heavy atom. The van der Waals surface area contributed by atoms with Crippen LogP contribution in [0.2, 0.25) is 0 Å². The molecule has 0 spiro atoms. The molecule has 35 heavy (non-hydrogen) atoms. The average Bonchev–Trinajstić information content (AvgIpc) is 2.83. The third-order valence-corrected chi connectivity index (χ3v) is 4.15. The zero-order valence-electron chi connectivity index (χ0n) is 20.9. The summed E-state index contributed by atoms with van der Waals surface area (Å²) < 4.78 is 14.9. The number of ether oxygens (including phenoxy) is 3. The first kappa shape index (κ1) is 34.1. The second-order valence-corrected chi connectivity index (χ2v) is 7.04. The number of aldehydes is 3. The molecule has 0 saturated heterocycles. The van der Waals surface area contributed by atoms with E-state index >= 15 is 0 Å². The summed E-state index contributed by atoms with van der Waals surface area (Å²) in [7, 11) is 0. The number of unbranched alkanes of at least 4 members (excludes halogenated alkanes) is 4. The summed E-state index contributed by atoms with van der Waals surface area (Å²) >= 11 is 0. The van der Waals surface area contributed by atoms with Crippen molar-refractivity contribution in [1.82, 2.24) is 16.0 Å². The van der Waals surface area contributed by atoms with Crippen molar-refractivity contribution in [3.8, 4) is 0 Å². The maximum absolute atomic E-state index is 12.3. The smallest absolute Gasteiger partial charge is 0.407 e. The molecule has 0 aliphatic heterocycles. The quantitative estimate of drug-likeness (QED) is 0.165. The van der Waals surface area contributed by atoms with Crippen LogP contribution < -0.4 is 16.0 Å². The Labute approximate surface area is 207 Å². The van der Waals surface area contributed by atoms with Gasteiger partial charge < -0.3 is 44.5 Å². The molecule has 1 atom stereocenters. The van der Waals surface area contributed by atoms with Gasteiger partial charge in [-0.3, -0.25) is 4.79 Å². The number of carbonyl (C=O) groups is 6. The van der Waals surface area contributed by atoms with Crippen molar-refractivity contribution in [2.45, 2.75) is 71.3 Å². The number of alkyl carbamates (subject to hydrolysis) is 2. The van der Waals surface area contributed by atoms with Crippen LogP contribution in [0.15, 0.2) is 0 Å². The maximum Gasteiger partial charge on any atom is 0.407 e. The molecule has 0 aromatic carbocycles. The zero-order valence-corrected chi connectivity index (χ0v) is 20.9. The van der Waals surface area contributed by atoms with Crippen molar-refractivity contribution in [3.05, 3.63) is 0 Å². The normalized spacial score (nSPS) is 10.6. The van der Waals surface area contributed by atoms with Crippen molar-refractivity contribution >= 4 is 37.0 Å². The SMILES string of the molecule is CCOC(=O)NCCCCC(NC(=O)OCC)C(=O)NCCOCCCC=O.O=CCCCC=O. The zero-order chi connectivity index (χ0) is 26.6. The van der Waals surface area contributed by atoms with Gasteiger partial charge in [-0.05, 0) is 46.0 Å². The van der Waals surface area contributed by atoms with Crippen LogP contribution in [0.3, 0.4) is 0 Å². The van der Waals surface area contributed by atoms with E-state index in [0.29, 0.717) is 84.3 Å². The molecule has 3 amide bonds. The van der Waals surface area contributed by atoms with Crippen molar-refractivity contribution in [1.29, 1.82) is 0 Å². The minimum atomic E-state index is -0.739. The van der Waals surface area contributed by atoms with Crippen molar-refractivity contribution < 1.29 is 43.0 Å². The van der Waals surface area contributed by atoms with E-state index in [0.717, 1.165) is 18.9 Å². The van der Waals surface area contributed by atoms with Gasteiger partial charge >= 0.3 is 12.2 Å². The van der Waals surface area contributed by atoms with Gasteiger partial charge in [0.25, 0.3) is 0 Å². The predicted molar refractivity (Wildman–Crippen MR) is 128 cm³/mol. The first-order valence-electron chi connectivity index (χ1n) is 12.0. The third kappa shape index (κ3) is 25.4. The van der Waals surface area contributed by atoms with Gasteiger partial charge in [0.15, 0.2) is 0 Å². The summed E-state index contributed by atoms with van der Waals surface area (Å²) in [5.74, 6) is -0.331. The van der Waals surface area contributed by atoms with Crippen molar-refractivity contribution in [2.75, 3.05) is 39.5 Å². The Kier molecular flexibility index (Phi) is 26.6. The van der Waals surface area contributed by atoms with Crippen molar-refractivity contribution in [3.63, 3.8) is 0 Å². The van der Waals surface area contributed by atoms with Gasteiger partial charge in [-0.25, -0.2) is 9.59 Å². The lowest BCUT2D eigenvalue weighted by molar-refractivity contribution is -0.123. The van der Waals surface area contributed by atoms with Crippen LogP contribution in [0, 0.1) is 0 Å². The fraction of sp³-hybridized carbons (Fsp3) is 0.739. The Bertz CT molecular complexity index is 581. The maximum atomic E-state index is 12.3. The number of carbonyl (C=O) groups excluding carboxylic acids is 6. The lowest BCUT2D eigenvalue weighted by Gasteiger charge is -2.18. The fourth-order valence-corrected chi connectivity index (χ4v) is 2.45. The number of hydrogen-bond acceptors (Lipinski definition) is 9. The topological polar surface area (TPSA) is 166 Å². The number of nitrogens with one attached hydrogen (secondary N) is 3. The van der Waals surface area contributed by atoms with Gasteiger partial charge in [0.2, 0.25) is 5.91 Å². The largest absolute Gasteiger partial charge is 0.450 e. The van der Waals surface area contributed by atoms with E-state index in [1.54, 1.807) is 13.8 Å². The molecule has 1 unspecified atom stereocenters. The second kappa shape index (κ2) is 27.2. The number of hydrogen-bond donors (Lipinski definition) is 3. The lowest BCUT2D eigenvalue weighted by atomic mass is 10.1. The van der Waals surface area contributed by atoms with Gasteiger partial charge in [-0.15, -0.1) is 0 Å². The molecular formula is C23H41N3O9. The Morgan fingerprint density at radius 1 is 0.714 bits per heavy atom. The van der Waals surface area contributed by atoms with Crippen LogP contribution in [0.4, 0.5) is 9.59 Å². The molecule has 202 valence electrons. The van der Waals surface area contributed by atoms with E-state index < -0.39 is 18.2 Å². The molecule has 12 heteroatoms. The molecule has 0 aliphatic carbocycles. The highest BCUT2D eigenvalue weighted by Gasteiger charge is 2.20. The van der Waals surface area contributed by atoms with E-state index in [4.69, 9.17) is 14.2 Å². The Morgan fingerprint density at radius 3 is 1.91 bits per heavy atom. The standard InChI is InChI=1S/C18H33N3O7.C5H8O2/c1-3-27-17(24)20-10-6-5-9-15(21-18(25)28-4-2)16(23)19-11-14-26-13-8-7-12-22;6-4-2-1-3-5-7/h12,15H,3-11,13-14H2,1-2H3,(H,19,23)(H,20,24)(H,21,25);4-5H,1-3H2. The summed E-state index contributed by atoms with van der Waals surface area (Å²) in [6.45, 7) is 5.40. The van der Waals surface area contributed by atoms with Crippen LogP contribution >= 0.6 is 0 Å². The molecule has 0 radical (unpaired) electrons. The summed E-state index contributed by atoms with van der Waals surface area (Å²) in [6, 6.07) is -0.739. The summed E-state index contributed by atoms with van der Waals surface area (Å²) in [5.41, 5.74) is 0. The predicted octanol–water partition coefficient (Wildman–Crippen LogP) is 1.68. The highest BCUT2D eigenvalue weighted by Crippen LogP contribution is 2.02. The number of amides is 3. The second-order valence-electron chi connectivity index (χ2n) is 7.04. The molecule has 0 fully saturated rings. The summed E-state index contributed by atoms with van der Waals surface area (Å²) in [6.07, 6.45) is 5.80. The monoisotopic (exact) mass is 503 g/mol. The van der Waals surface area contributed by atoms with Crippen LogP contribution in [-0.4, -0.2) is 82.5 Å². The van der Waals surface area contributed by atoms with Crippen LogP contribution in [-0.2, 0) is 33.4 Å². The molecule has 0 aliphatic rings. The minimum Gasteiger partial charge on any atom is -0.450 e. The highest BCUT2D eigenvalue weighted by atomic mass is 16.6. The summed E-state index contributed by atoms with van der Waals surface area (Å²) in [4.78, 5) is 64.5. The van der Waals surface area contributed by atoms with E-state index in [1.807, 2.05) is 0 Å². The van der Waals surface area contributed by atoms with Crippen LogP contribution in [0.25, 0.3) is 0 Å². The highest BCUT2D eigenvalue weighted by molar-refractivity contribution is 5.85. The third-order valence-electron chi connectivity index (χ3n) is 4.15. The van der Waals surface area contributed by atoms with Gasteiger partial charge in [0, 0.05) is 39.0 Å². The molecule has 0 rings (SSSR count). The molecule has 0 heterocycles. The summed E-state index contributed by atoms with van der Waals surface area (Å²) in [5, 5.41) is 7.84. The van der Waals surface area contributed by atoms with Gasteiger partial charge in [-0.1, -0.05) is 0 Å². The first-order chi connectivity index (χ1) is 17.0. The average molecular weight is 504 g/mol. The van der Waals surface area contributed by atoms with Crippen molar-refractivity contribution in [2.24, 2.45) is 0 Å². The Hall–Kier alpha value is -3.02. The molecule has 12 nitrogen and oxygen atoms in total. The first-order valence-corrected chi connectivity index (χ1v) is 12.0. The molecule has 0 saturated carbocycles. The van der Waals surface area contributed by atoms with E-state index in [9.17, 15) is 28.8 Å². The van der Waals surface area contributed by atoms with Crippen LogP contribution in [0.1, 0.15) is 65.2 Å².